The molecule has 0 heterocycles. The molecule has 1 unspecified atom stereocenters. The lowest BCUT2D eigenvalue weighted by atomic mass is 10.1. The maximum absolute atomic E-state index is 11.4. The van der Waals surface area contributed by atoms with Gasteiger partial charge in [0, 0.05) is 11.6 Å². The average Bonchev–Trinajstić information content (AvgIpc) is 2.38. The normalized spacial score (nSPS) is 12.5. The molecule has 0 aromatic heterocycles. The van der Waals surface area contributed by atoms with E-state index in [2.05, 4.69) is 0 Å². The summed E-state index contributed by atoms with van der Waals surface area (Å²) in [6, 6.07) is 7.04. The van der Waals surface area contributed by atoms with Crippen LogP contribution in [0, 0.1) is 0 Å². The summed E-state index contributed by atoms with van der Waals surface area (Å²) in [4.78, 5) is 13.3. The first-order chi connectivity index (χ1) is 9.06. The second-order valence-corrected chi connectivity index (χ2v) is 4.64. The van der Waals surface area contributed by atoms with Gasteiger partial charge < -0.3 is 9.84 Å². The van der Waals surface area contributed by atoms with Gasteiger partial charge in [0.1, 0.15) is 0 Å². The second-order valence-electron chi connectivity index (χ2n) is 4.20. The number of rotatable bonds is 7. The molecule has 1 rings (SSSR count). The fraction of sp³-hybridized carbons (Fsp3) is 0.500. The summed E-state index contributed by atoms with van der Waals surface area (Å²) in [5, 5.41) is 10.8. The lowest BCUT2D eigenvalue weighted by Gasteiger charge is -2.22. The smallest absolute Gasteiger partial charge is 0.320 e. The Morgan fingerprint density at radius 2 is 2.00 bits per heavy atom. The molecule has 19 heavy (non-hydrogen) atoms. The molecule has 0 aliphatic rings. The van der Waals surface area contributed by atoms with Gasteiger partial charge in [0.05, 0.1) is 19.3 Å². The maximum Gasteiger partial charge on any atom is 0.320 e. The molecule has 0 aliphatic heterocycles. The highest BCUT2D eigenvalue weighted by Crippen LogP contribution is 2.17. The van der Waals surface area contributed by atoms with Crippen LogP contribution in [0.1, 0.15) is 25.5 Å². The summed E-state index contributed by atoms with van der Waals surface area (Å²) in [7, 11) is 0. The maximum atomic E-state index is 11.4. The zero-order valence-corrected chi connectivity index (χ0v) is 12.1. The number of carbonyl (C=O) groups is 1. The predicted octanol–water partition coefficient (Wildman–Crippen LogP) is 2.26. The van der Waals surface area contributed by atoms with Crippen molar-refractivity contribution in [1.29, 1.82) is 0 Å². The average molecular weight is 286 g/mol. The summed E-state index contributed by atoms with van der Waals surface area (Å²) in [6.07, 6.45) is -0.647. The Kier molecular flexibility index (Phi) is 6.84. The molecule has 1 N–H and O–H groups in total. The van der Waals surface area contributed by atoms with Crippen molar-refractivity contribution in [2.45, 2.75) is 20.0 Å². The highest BCUT2D eigenvalue weighted by molar-refractivity contribution is 6.30. The molecule has 1 atom stereocenters. The topological polar surface area (TPSA) is 49.8 Å². The van der Waals surface area contributed by atoms with Crippen molar-refractivity contribution in [2.75, 3.05) is 26.2 Å². The highest BCUT2D eigenvalue weighted by Gasteiger charge is 2.15. The third-order valence-corrected chi connectivity index (χ3v) is 3.04. The van der Waals surface area contributed by atoms with Gasteiger partial charge in [-0.1, -0.05) is 30.7 Å². The second kappa shape index (κ2) is 8.15. The van der Waals surface area contributed by atoms with Crippen LogP contribution in [0.25, 0.3) is 0 Å². The van der Waals surface area contributed by atoms with Crippen molar-refractivity contribution in [1.82, 2.24) is 4.90 Å². The highest BCUT2D eigenvalue weighted by atomic mass is 35.5. The summed E-state index contributed by atoms with van der Waals surface area (Å²) >= 11 is 5.80. The number of hydrogen-bond donors (Lipinski definition) is 1. The van der Waals surface area contributed by atoms with Crippen molar-refractivity contribution in [3.63, 3.8) is 0 Å². The number of halogens is 1. The van der Waals surface area contributed by atoms with Crippen LogP contribution in [0.5, 0.6) is 0 Å². The monoisotopic (exact) mass is 285 g/mol. The fourth-order valence-corrected chi connectivity index (χ4v) is 1.86. The van der Waals surface area contributed by atoms with Gasteiger partial charge in [0.25, 0.3) is 0 Å². The number of nitrogens with zero attached hydrogens (tertiary/aromatic N) is 1. The van der Waals surface area contributed by atoms with Crippen LogP contribution in [0.2, 0.25) is 5.02 Å². The van der Waals surface area contributed by atoms with Crippen LogP contribution in [-0.2, 0) is 9.53 Å². The number of aliphatic hydroxyl groups is 1. The molecule has 106 valence electrons. The Hall–Kier alpha value is -1.10. The van der Waals surface area contributed by atoms with Crippen LogP contribution in [-0.4, -0.2) is 42.2 Å². The van der Waals surface area contributed by atoms with Gasteiger partial charge in [-0.2, -0.15) is 0 Å². The lowest BCUT2D eigenvalue weighted by Crippen LogP contribution is -2.34. The number of likely N-dealkylation sites (N-methyl/N-ethyl adjacent to an activating group) is 1. The van der Waals surface area contributed by atoms with Crippen molar-refractivity contribution >= 4 is 17.6 Å². The quantitative estimate of drug-likeness (QED) is 0.781. The number of benzene rings is 1. The third-order valence-electron chi connectivity index (χ3n) is 2.79. The van der Waals surface area contributed by atoms with Gasteiger partial charge in [-0.25, -0.2) is 0 Å². The molecule has 0 amide bonds. The number of carbonyl (C=O) groups excluding carboxylic acids is 1. The van der Waals surface area contributed by atoms with E-state index in [-0.39, 0.29) is 12.5 Å². The number of hydrogen-bond acceptors (Lipinski definition) is 4. The molecule has 5 heteroatoms. The van der Waals surface area contributed by atoms with Crippen molar-refractivity contribution in [3.8, 4) is 0 Å². The molecule has 0 fully saturated rings. The van der Waals surface area contributed by atoms with E-state index in [4.69, 9.17) is 16.3 Å². The minimum atomic E-state index is -0.647. The molecule has 1 aromatic rings. The van der Waals surface area contributed by atoms with Crippen molar-refractivity contribution in [3.05, 3.63) is 34.9 Å². The fourth-order valence-electron chi connectivity index (χ4n) is 1.73. The number of aliphatic hydroxyl groups excluding tert-OH is 1. The number of esters is 1. The first-order valence-corrected chi connectivity index (χ1v) is 6.76. The van der Waals surface area contributed by atoms with Gasteiger partial charge in [0.2, 0.25) is 0 Å². The summed E-state index contributed by atoms with van der Waals surface area (Å²) in [5.74, 6) is -0.271. The van der Waals surface area contributed by atoms with Crippen molar-refractivity contribution < 1.29 is 14.6 Å². The largest absolute Gasteiger partial charge is 0.465 e. The Balaban J connectivity index is 2.55. The summed E-state index contributed by atoms with van der Waals surface area (Å²) in [6.45, 7) is 5.33. The Morgan fingerprint density at radius 3 is 2.53 bits per heavy atom. The Labute approximate surface area is 118 Å². The zero-order chi connectivity index (χ0) is 14.3. The lowest BCUT2D eigenvalue weighted by molar-refractivity contribution is -0.144. The van der Waals surface area contributed by atoms with Gasteiger partial charge in [-0.3, -0.25) is 9.69 Å². The van der Waals surface area contributed by atoms with Crippen LogP contribution < -0.4 is 0 Å². The Morgan fingerprint density at radius 1 is 1.37 bits per heavy atom. The van der Waals surface area contributed by atoms with E-state index in [0.717, 1.165) is 5.56 Å². The van der Waals surface area contributed by atoms with Gasteiger partial charge in [0.15, 0.2) is 0 Å². The third kappa shape index (κ3) is 5.59. The molecule has 0 saturated carbocycles. The Bertz CT molecular complexity index is 394. The molecule has 4 nitrogen and oxygen atoms in total. The molecular formula is C14H20ClNO3. The molecule has 1 aromatic carbocycles. The molecule has 0 bridgehead atoms. The minimum Gasteiger partial charge on any atom is -0.465 e. The molecule has 0 radical (unpaired) electrons. The van der Waals surface area contributed by atoms with Crippen LogP contribution in [0.3, 0.4) is 0 Å². The SMILES string of the molecule is CCOC(=O)CN(CC)CC(O)c1ccc(Cl)cc1. The van der Waals surface area contributed by atoms with E-state index in [1.54, 1.807) is 31.2 Å². The van der Waals surface area contributed by atoms with Crippen molar-refractivity contribution in [2.24, 2.45) is 0 Å². The zero-order valence-electron chi connectivity index (χ0n) is 11.3. The first kappa shape index (κ1) is 16.0. The van der Waals surface area contributed by atoms with Gasteiger partial charge in [-0.15, -0.1) is 0 Å². The van der Waals surface area contributed by atoms with E-state index < -0.39 is 6.10 Å². The van der Waals surface area contributed by atoms with E-state index in [9.17, 15) is 9.90 Å². The number of ether oxygens (including phenoxy) is 1. The molecule has 0 saturated heterocycles. The summed E-state index contributed by atoms with van der Waals surface area (Å²) < 4.78 is 4.90. The van der Waals surface area contributed by atoms with Crippen LogP contribution in [0.15, 0.2) is 24.3 Å². The first-order valence-electron chi connectivity index (χ1n) is 6.38. The molecule has 0 aliphatic carbocycles. The van der Waals surface area contributed by atoms with Crippen LogP contribution in [0.4, 0.5) is 0 Å². The van der Waals surface area contributed by atoms with E-state index in [1.165, 1.54) is 0 Å². The van der Waals surface area contributed by atoms with E-state index in [0.29, 0.717) is 24.7 Å². The van der Waals surface area contributed by atoms with E-state index >= 15 is 0 Å². The summed E-state index contributed by atoms with van der Waals surface area (Å²) in [5.41, 5.74) is 0.784. The van der Waals surface area contributed by atoms with E-state index in [1.807, 2.05) is 11.8 Å². The van der Waals surface area contributed by atoms with Crippen LogP contribution >= 0.6 is 11.6 Å². The van der Waals surface area contributed by atoms with Gasteiger partial charge >= 0.3 is 5.97 Å². The minimum absolute atomic E-state index is 0.189. The standard InChI is InChI=1S/C14H20ClNO3/c1-3-16(10-14(18)19-4-2)9-13(17)11-5-7-12(15)8-6-11/h5-8,13,17H,3-4,9-10H2,1-2H3. The molecule has 0 spiro atoms. The predicted molar refractivity (Wildman–Crippen MR) is 75.2 cm³/mol. The molecular weight excluding hydrogens is 266 g/mol. The van der Waals surface area contributed by atoms with Gasteiger partial charge in [-0.05, 0) is 31.2 Å².